The summed E-state index contributed by atoms with van der Waals surface area (Å²) in [6.07, 6.45) is 7.18. The molecule has 1 N–H and O–H groups in total. The predicted octanol–water partition coefficient (Wildman–Crippen LogP) is 2.11. The van der Waals surface area contributed by atoms with Gasteiger partial charge in [0.1, 0.15) is 11.1 Å². The van der Waals surface area contributed by atoms with Crippen LogP contribution in [0.1, 0.15) is 22.7 Å². The van der Waals surface area contributed by atoms with Crippen LogP contribution in [0, 0.1) is 0 Å². The first kappa shape index (κ1) is 13.4. The summed E-state index contributed by atoms with van der Waals surface area (Å²) >= 11 is 3.07. The molecule has 0 spiro atoms. The quantitative estimate of drug-likeness (QED) is 0.666. The molecule has 0 radical (unpaired) electrons. The fraction of sp³-hybridized carbons (Fsp3) is 0.267. The Morgan fingerprint density at radius 2 is 2.30 bits per heavy atom. The van der Waals surface area contributed by atoms with Gasteiger partial charge in [-0.1, -0.05) is 0 Å². The van der Waals surface area contributed by atoms with Gasteiger partial charge in [-0.3, -0.25) is 14.1 Å². The molecule has 0 unspecified atom stereocenters. The van der Waals surface area contributed by atoms with Crippen molar-refractivity contribution in [2.75, 3.05) is 0 Å². The molecule has 1 saturated heterocycles. The first-order valence-electron chi connectivity index (χ1n) is 7.27. The molecular formula is C15H11N3O3S2. The van der Waals surface area contributed by atoms with Crippen molar-refractivity contribution in [3.63, 3.8) is 0 Å². The number of thioether (sulfide) groups is 1. The van der Waals surface area contributed by atoms with E-state index in [1.165, 1.54) is 39.1 Å². The van der Waals surface area contributed by atoms with Crippen LogP contribution in [0.3, 0.4) is 0 Å². The monoisotopic (exact) mass is 345 g/mol. The molecule has 2 aromatic rings. The Morgan fingerprint density at radius 1 is 1.43 bits per heavy atom. The summed E-state index contributed by atoms with van der Waals surface area (Å²) in [6.45, 7) is 0. The van der Waals surface area contributed by atoms with Gasteiger partial charge in [0.05, 0.1) is 11.3 Å². The lowest BCUT2D eigenvalue weighted by atomic mass is 10.0. The van der Waals surface area contributed by atoms with E-state index in [4.69, 9.17) is 5.11 Å². The van der Waals surface area contributed by atoms with Crippen LogP contribution in [0.25, 0.3) is 11.0 Å². The minimum Gasteiger partial charge on any atom is -0.477 e. The average Bonchev–Trinajstić information content (AvgIpc) is 3.23. The van der Waals surface area contributed by atoms with E-state index in [0.29, 0.717) is 5.57 Å². The van der Waals surface area contributed by atoms with Crippen LogP contribution in [0.4, 0.5) is 0 Å². The van der Waals surface area contributed by atoms with Crippen LogP contribution in [0.5, 0.6) is 0 Å². The number of aromatic nitrogens is 2. The number of carbonyl (C=O) groups excluding carboxylic acids is 1. The fourth-order valence-electron chi connectivity index (χ4n) is 3.32. The topological polar surface area (TPSA) is 74.9 Å². The summed E-state index contributed by atoms with van der Waals surface area (Å²) in [5.74, 6) is -1.30. The lowest BCUT2D eigenvalue weighted by molar-refractivity contribution is -0.141. The van der Waals surface area contributed by atoms with E-state index in [1.54, 1.807) is 17.4 Å². The molecule has 1 amide bonds. The Hall–Kier alpha value is -2.06. The van der Waals surface area contributed by atoms with E-state index < -0.39 is 5.97 Å². The van der Waals surface area contributed by atoms with Gasteiger partial charge in [-0.25, -0.2) is 9.78 Å². The van der Waals surface area contributed by atoms with Gasteiger partial charge in [0.2, 0.25) is 0 Å². The van der Waals surface area contributed by atoms with Crippen LogP contribution in [0.2, 0.25) is 0 Å². The highest BCUT2D eigenvalue weighted by Crippen LogP contribution is 2.45. The maximum atomic E-state index is 12.2. The molecule has 6 nitrogen and oxygen atoms in total. The van der Waals surface area contributed by atoms with Crippen LogP contribution in [-0.2, 0) is 22.4 Å². The molecule has 1 fully saturated rings. The van der Waals surface area contributed by atoms with E-state index in [1.807, 2.05) is 6.20 Å². The van der Waals surface area contributed by atoms with Gasteiger partial charge in [0.15, 0.2) is 4.96 Å². The predicted molar refractivity (Wildman–Crippen MR) is 87.0 cm³/mol. The number of nitrogens with zero attached hydrogens (tertiary/aromatic N) is 3. The molecule has 0 saturated carbocycles. The summed E-state index contributed by atoms with van der Waals surface area (Å²) in [4.78, 5) is 31.6. The standard InChI is InChI=1S/C15H11N3O3S2/c19-12-8(13-18(12)10(6-22-13)14(20)21)4-7-5-17-9-2-1-3-11(9)23-15(17)16-7/h4-6,13H,1-3H2,(H,20,21)/b8-4-/t13-/m1/s1. The van der Waals surface area contributed by atoms with Crippen molar-refractivity contribution in [2.24, 2.45) is 0 Å². The second kappa shape index (κ2) is 4.48. The largest absolute Gasteiger partial charge is 0.477 e. The minimum atomic E-state index is -1.06. The highest BCUT2D eigenvalue weighted by Gasteiger charge is 2.49. The highest BCUT2D eigenvalue weighted by molar-refractivity contribution is 8.03. The number of aliphatic carboxylic acids is 1. The summed E-state index contributed by atoms with van der Waals surface area (Å²) in [7, 11) is 0. The van der Waals surface area contributed by atoms with Gasteiger partial charge in [-0.2, -0.15) is 0 Å². The number of carboxylic acid groups (broad SMARTS) is 1. The van der Waals surface area contributed by atoms with Crippen LogP contribution in [0.15, 0.2) is 22.9 Å². The highest BCUT2D eigenvalue weighted by atomic mass is 32.2. The number of carbonyl (C=O) groups is 2. The lowest BCUT2D eigenvalue weighted by Gasteiger charge is -2.36. The first-order chi connectivity index (χ1) is 11.1. The first-order valence-corrected chi connectivity index (χ1v) is 9.03. The van der Waals surface area contributed by atoms with E-state index >= 15 is 0 Å². The van der Waals surface area contributed by atoms with Crippen molar-refractivity contribution < 1.29 is 14.7 Å². The number of rotatable bonds is 2. The molecule has 8 heteroatoms. The van der Waals surface area contributed by atoms with Crippen molar-refractivity contribution in [3.05, 3.63) is 39.1 Å². The minimum absolute atomic E-state index is 0.0609. The van der Waals surface area contributed by atoms with Gasteiger partial charge < -0.3 is 5.11 Å². The second-order valence-electron chi connectivity index (χ2n) is 5.72. The number of aryl methyl sites for hydroxylation is 2. The van der Waals surface area contributed by atoms with Gasteiger partial charge in [-0.05, 0) is 25.3 Å². The molecule has 0 bridgehead atoms. The number of fused-ring (bicyclic) bond motifs is 4. The van der Waals surface area contributed by atoms with Crippen molar-refractivity contribution >= 4 is 46.0 Å². The maximum Gasteiger partial charge on any atom is 0.353 e. The molecule has 116 valence electrons. The number of hydrogen-bond acceptors (Lipinski definition) is 5. The smallest absolute Gasteiger partial charge is 0.353 e. The zero-order valence-electron chi connectivity index (χ0n) is 11.9. The van der Waals surface area contributed by atoms with Crippen molar-refractivity contribution in [3.8, 4) is 0 Å². The van der Waals surface area contributed by atoms with E-state index in [-0.39, 0.29) is 17.0 Å². The van der Waals surface area contributed by atoms with Crippen LogP contribution < -0.4 is 0 Å². The SMILES string of the molecule is O=C(O)C1=CS[C@@H]2/C(=C\c3cn4c5c(sc4n3)CCC5)C(=O)N12. The molecule has 3 aliphatic rings. The summed E-state index contributed by atoms with van der Waals surface area (Å²) in [5, 5.41) is 10.4. The van der Waals surface area contributed by atoms with Crippen molar-refractivity contribution in [1.29, 1.82) is 0 Å². The number of carboxylic acids is 1. The normalized spacial score (nSPS) is 24.1. The molecule has 5 rings (SSSR count). The number of imidazole rings is 1. The van der Waals surface area contributed by atoms with Gasteiger partial charge in [0.25, 0.3) is 5.91 Å². The number of hydrogen-bond donors (Lipinski definition) is 1. The third-order valence-electron chi connectivity index (χ3n) is 4.39. The van der Waals surface area contributed by atoms with E-state index in [0.717, 1.165) is 23.5 Å². The molecular weight excluding hydrogens is 334 g/mol. The summed E-state index contributed by atoms with van der Waals surface area (Å²) < 4.78 is 2.13. The fourth-order valence-corrected chi connectivity index (χ4v) is 5.63. The second-order valence-corrected chi connectivity index (χ2v) is 7.73. The molecule has 0 aromatic carbocycles. The molecule has 2 aliphatic heterocycles. The van der Waals surface area contributed by atoms with Crippen molar-refractivity contribution in [2.45, 2.75) is 24.6 Å². The Labute approximate surface area is 139 Å². The van der Waals surface area contributed by atoms with Gasteiger partial charge in [-0.15, -0.1) is 23.1 Å². The third-order valence-corrected chi connectivity index (χ3v) is 6.63. The van der Waals surface area contributed by atoms with Crippen LogP contribution >= 0.6 is 23.1 Å². The average molecular weight is 345 g/mol. The lowest BCUT2D eigenvalue weighted by Crippen LogP contribution is -2.51. The summed E-state index contributed by atoms with van der Waals surface area (Å²) in [5.41, 5.74) is 2.78. The van der Waals surface area contributed by atoms with Gasteiger partial charge >= 0.3 is 5.97 Å². The van der Waals surface area contributed by atoms with Crippen LogP contribution in [-0.4, -0.2) is 36.6 Å². The number of β-lactam (4-membered cyclic amide) rings is 1. The molecule has 2 aromatic heterocycles. The Kier molecular flexibility index (Phi) is 2.61. The molecule has 1 aliphatic carbocycles. The Balaban J connectivity index is 1.48. The summed E-state index contributed by atoms with van der Waals surface area (Å²) in [6, 6.07) is 0. The Bertz CT molecular complexity index is 953. The van der Waals surface area contributed by atoms with Gasteiger partial charge in [0, 0.05) is 22.2 Å². The number of amides is 1. The zero-order chi connectivity index (χ0) is 15.7. The molecule has 1 atom stereocenters. The van der Waals surface area contributed by atoms with E-state index in [9.17, 15) is 9.59 Å². The van der Waals surface area contributed by atoms with Crippen molar-refractivity contribution in [1.82, 2.24) is 14.3 Å². The molecule has 23 heavy (non-hydrogen) atoms. The molecule has 4 heterocycles. The third kappa shape index (κ3) is 1.73. The number of thiazole rings is 1. The Morgan fingerprint density at radius 3 is 3.13 bits per heavy atom. The van der Waals surface area contributed by atoms with E-state index in [2.05, 4.69) is 9.38 Å². The maximum absolute atomic E-state index is 12.2. The zero-order valence-corrected chi connectivity index (χ0v) is 13.5.